The smallest absolute Gasteiger partial charge is 0.306 e. The quantitative estimate of drug-likeness (QED) is 0.868. The molecule has 23 heavy (non-hydrogen) atoms. The Hall–Kier alpha value is -1.73. The Morgan fingerprint density at radius 2 is 2.04 bits per heavy atom. The molecular formula is C16H18N2O3S2. The first-order valence-corrected chi connectivity index (χ1v) is 9.38. The SMILES string of the molecule is O=C(Cc1csc(-c2cccs2)n1)NC1CCC(C(=O)O)CC1. The molecular weight excluding hydrogens is 332 g/mol. The van der Waals surface area contributed by atoms with E-state index in [1.807, 2.05) is 22.9 Å². The van der Waals surface area contributed by atoms with Crippen LogP contribution in [0.5, 0.6) is 0 Å². The van der Waals surface area contributed by atoms with Crippen molar-refractivity contribution in [1.82, 2.24) is 10.3 Å². The second-order valence-corrected chi connectivity index (χ2v) is 7.56. The van der Waals surface area contributed by atoms with Crippen molar-refractivity contribution in [2.75, 3.05) is 0 Å². The number of hydrogen-bond acceptors (Lipinski definition) is 5. The number of nitrogens with one attached hydrogen (secondary N) is 1. The Bertz CT molecular complexity index is 673. The van der Waals surface area contributed by atoms with Crippen molar-refractivity contribution < 1.29 is 14.7 Å². The van der Waals surface area contributed by atoms with Gasteiger partial charge in [-0.05, 0) is 37.1 Å². The molecule has 0 aliphatic heterocycles. The second kappa shape index (κ2) is 7.23. The largest absolute Gasteiger partial charge is 0.481 e. The summed E-state index contributed by atoms with van der Waals surface area (Å²) < 4.78 is 0. The summed E-state index contributed by atoms with van der Waals surface area (Å²) in [6.07, 6.45) is 3.03. The molecule has 2 heterocycles. The van der Waals surface area contributed by atoms with Crippen LogP contribution in [0.3, 0.4) is 0 Å². The summed E-state index contributed by atoms with van der Waals surface area (Å²) in [4.78, 5) is 28.7. The highest BCUT2D eigenvalue weighted by Gasteiger charge is 2.26. The van der Waals surface area contributed by atoms with E-state index in [-0.39, 0.29) is 24.3 Å². The van der Waals surface area contributed by atoms with Crippen LogP contribution in [-0.2, 0) is 16.0 Å². The summed E-state index contributed by atoms with van der Waals surface area (Å²) in [5, 5.41) is 16.9. The van der Waals surface area contributed by atoms with E-state index in [0.717, 1.165) is 28.4 Å². The molecule has 1 aliphatic rings. The van der Waals surface area contributed by atoms with Gasteiger partial charge in [-0.15, -0.1) is 22.7 Å². The van der Waals surface area contributed by atoms with E-state index in [4.69, 9.17) is 5.11 Å². The lowest BCUT2D eigenvalue weighted by Crippen LogP contribution is -2.39. The molecule has 0 radical (unpaired) electrons. The highest BCUT2D eigenvalue weighted by molar-refractivity contribution is 7.20. The first kappa shape index (κ1) is 16.1. The topological polar surface area (TPSA) is 79.3 Å². The zero-order valence-corrected chi connectivity index (χ0v) is 14.2. The molecule has 1 amide bonds. The van der Waals surface area contributed by atoms with E-state index in [2.05, 4.69) is 10.3 Å². The van der Waals surface area contributed by atoms with Gasteiger partial charge in [-0.2, -0.15) is 0 Å². The maximum atomic E-state index is 12.1. The molecule has 1 saturated carbocycles. The molecule has 5 nitrogen and oxygen atoms in total. The monoisotopic (exact) mass is 350 g/mol. The third-order valence-corrected chi connectivity index (χ3v) is 6.00. The van der Waals surface area contributed by atoms with Gasteiger partial charge in [0.1, 0.15) is 5.01 Å². The molecule has 1 aliphatic carbocycles. The molecule has 0 atom stereocenters. The summed E-state index contributed by atoms with van der Waals surface area (Å²) in [5.74, 6) is -1.01. The number of thiazole rings is 1. The third-order valence-electron chi connectivity index (χ3n) is 4.07. The first-order chi connectivity index (χ1) is 11.1. The molecule has 7 heteroatoms. The fourth-order valence-electron chi connectivity index (χ4n) is 2.83. The summed E-state index contributed by atoms with van der Waals surface area (Å²) in [5.41, 5.74) is 0.787. The van der Waals surface area contributed by atoms with Gasteiger partial charge in [-0.3, -0.25) is 9.59 Å². The van der Waals surface area contributed by atoms with Crippen LogP contribution in [0.1, 0.15) is 31.4 Å². The number of carbonyl (C=O) groups is 2. The fourth-order valence-corrected chi connectivity index (χ4v) is 4.46. The van der Waals surface area contributed by atoms with Crippen LogP contribution in [0.15, 0.2) is 22.9 Å². The highest BCUT2D eigenvalue weighted by Crippen LogP contribution is 2.28. The van der Waals surface area contributed by atoms with Crippen LogP contribution in [0.2, 0.25) is 0 Å². The minimum Gasteiger partial charge on any atom is -0.481 e. The Morgan fingerprint density at radius 1 is 1.26 bits per heavy atom. The van der Waals surface area contributed by atoms with E-state index in [0.29, 0.717) is 12.8 Å². The number of aliphatic carboxylic acids is 1. The minimum absolute atomic E-state index is 0.0354. The number of carboxylic acid groups (broad SMARTS) is 1. The van der Waals surface area contributed by atoms with Gasteiger partial charge in [-0.25, -0.2) is 4.98 Å². The molecule has 0 saturated heterocycles. The number of aromatic nitrogens is 1. The molecule has 3 rings (SSSR count). The molecule has 122 valence electrons. The average molecular weight is 350 g/mol. The van der Waals surface area contributed by atoms with Crippen LogP contribution in [0.25, 0.3) is 9.88 Å². The summed E-state index contributed by atoms with van der Waals surface area (Å²) in [7, 11) is 0. The summed E-state index contributed by atoms with van der Waals surface area (Å²) in [6, 6.07) is 4.10. The predicted octanol–water partition coefficient (Wildman–Crippen LogP) is 3.17. The number of carboxylic acids is 1. The Balaban J connectivity index is 1.49. The average Bonchev–Trinajstić information content (AvgIpc) is 3.18. The lowest BCUT2D eigenvalue weighted by atomic mass is 9.86. The molecule has 0 bridgehead atoms. The molecule has 1 fully saturated rings. The van der Waals surface area contributed by atoms with Crippen LogP contribution in [0.4, 0.5) is 0 Å². The maximum Gasteiger partial charge on any atom is 0.306 e. The molecule has 2 aromatic rings. The number of amides is 1. The minimum atomic E-state index is -0.724. The fraction of sp³-hybridized carbons (Fsp3) is 0.438. The third kappa shape index (κ3) is 4.17. The van der Waals surface area contributed by atoms with Crippen molar-refractivity contribution in [3.63, 3.8) is 0 Å². The number of hydrogen-bond donors (Lipinski definition) is 2. The van der Waals surface area contributed by atoms with Crippen LogP contribution in [0, 0.1) is 5.92 Å². The number of nitrogens with zero attached hydrogens (tertiary/aromatic N) is 1. The van der Waals surface area contributed by atoms with E-state index in [1.54, 1.807) is 22.7 Å². The normalized spacial score (nSPS) is 21.0. The summed E-state index contributed by atoms with van der Waals surface area (Å²) >= 11 is 3.19. The van der Waals surface area contributed by atoms with Crippen molar-refractivity contribution in [3.05, 3.63) is 28.6 Å². The Morgan fingerprint density at radius 3 is 2.70 bits per heavy atom. The Labute approximate surface area is 142 Å². The van der Waals surface area contributed by atoms with E-state index in [1.165, 1.54) is 0 Å². The van der Waals surface area contributed by atoms with Gasteiger partial charge in [0.25, 0.3) is 0 Å². The van der Waals surface area contributed by atoms with Gasteiger partial charge in [0.2, 0.25) is 5.91 Å². The van der Waals surface area contributed by atoms with Gasteiger partial charge in [0.05, 0.1) is 22.9 Å². The van der Waals surface area contributed by atoms with Gasteiger partial charge in [-0.1, -0.05) is 6.07 Å². The molecule has 0 unspecified atom stereocenters. The number of rotatable bonds is 5. The highest BCUT2D eigenvalue weighted by atomic mass is 32.1. The van der Waals surface area contributed by atoms with E-state index in [9.17, 15) is 9.59 Å². The van der Waals surface area contributed by atoms with Gasteiger partial charge < -0.3 is 10.4 Å². The van der Waals surface area contributed by atoms with Gasteiger partial charge in [0, 0.05) is 11.4 Å². The molecule has 2 aromatic heterocycles. The number of carbonyl (C=O) groups excluding carboxylic acids is 1. The van der Waals surface area contributed by atoms with Crippen LogP contribution in [-0.4, -0.2) is 28.0 Å². The first-order valence-electron chi connectivity index (χ1n) is 7.62. The maximum absolute atomic E-state index is 12.1. The van der Waals surface area contributed by atoms with Crippen molar-refractivity contribution in [2.24, 2.45) is 5.92 Å². The van der Waals surface area contributed by atoms with Gasteiger partial charge in [0.15, 0.2) is 0 Å². The Kier molecular flexibility index (Phi) is 5.07. The molecule has 0 aromatic carbocycles. The summed E-state index contributed by atoms with van der Waals surface area (Å²) in [6.45, 7) is 0. The second-order valence-electron chi connectivity index (χ2n) is 5.75. The van der Waals surface area contributed by atoms with Crippen molar-refractivity contribution in [1.29, 1.82) is 0 Å². The number of thiophene rings is 1. The predicted molar refractivity (Wildman–Crippen MR) is 90.7 cm³/mol. The molecule has 2 N–H and O–H groups in total. The van der Waals surface area contributed by atoms with Crippen LogP contribution >= 0.6 is 22.7 Å². The van der Waals surface area contributed by atoms with Gasteiger partial charge >= 0.3 is 5.97 Å². The van der Waals surface area contributed by atoms with Crippen molar-refractivity contribution in [3.8, 4) is 9.88 Å². The molecule has 0 spiro atoms. The lowest BCUT2D eigenvalue weighted by Gasteiger charge is -2.26. The zero-order chi connectivity index (χ0) is 16.2. The zero-order valence-electron chi connectivity index (χ0n) is 12.5. The van der Waals surface area contributed by atoms with Crippen LogP contribution < -0.4 is 5.32 Å². The standard InChI is InChI=1S/C16H18N2O3S2/c19-14(17-11-5-3-10(4-6-11)16(20)21)8-12-9-23-15(18-12)13-2-1-7-22-13/h1-2,7,9-11H,3-6,8H2,(H,17,19)(H,20,21). The van der Waals surface area contributed by atoms with Crippen molar-refractivity contribution in [2.45, 2.75) is 38.1 Å². The van der Waals surface area contributed by atoms with Crippen molar-refractivity contribution >= 4 is 34.6 Å². The van der Waals surface area contributed by atoms with E-state index < -0.39 is 5.97 Å². The lowest BCUT2D eigenvalue weighted by molar-refractivity contribution is -0.142. The van der Waals surface area contributed by atoms with E-state index >= 15 is 0 Å².